The van der Waals surface area contributed by atoms with Gasteiger partial charge in [0.25, 0.3) is 5.56 Å². The maximum absolute atomic E-state index is 12.3. The Morgan fingerprint density at radius 3 is 2.72 bits per heavy atom. The van der Waals surface area contributed by atoms with Crippen LogP contribution in [0.25, 0.3) is 11.3 Å². The van der Waals surface area contributed by atoms with E-state index in [4.69, 9.17) is 0 Å². The standard InChI is InChI=1S/C20H22N4O/c1-23-11-5-8-16(20(23)25)14-24-12-9-17-18(10-13-24)21-22-19(17)15-6-3-2-4-7-15/h2-8,11H,9-10,12-14H2,1H3,(H,21,22). The molecule has 25 heavy (non-hydrogen) atoms. The van der Waals surface area contributed by atoms with Gasteiger partial charge in [0.05, 0.1) is 5.69 Å². The maximum Gasteiger partial charge on any atom is 0.254 e. The van der Waals surface area contributed by atoms with Crippen molar-refractivity contribution in [3.05, 3.63) is 75.8 Å². The van der Waals surface area contributed by atoms with E-state index in [-0.39, 0.29) is 5.56 Å². The number of fused-ring (bicyclic) bond motifs is 1. The molecule has 128 valence electrons. The van der Waals surface area contributed by atoms with Crippen LogP contribution in [0.1, 0.15) is 16.8 Å². The van der Waals surface area contributed by atoms with Gasteiger partial charge in [-0.3, -0.25) is 14.8 Å². The van der Waals surface area contributed by atoms with Gasteiger partial charge >= 0.3 is 0 Å². The Bertz CT molecular complexity index is 926. The summed E-state index contributed by atoms with van der Waals surface area (Å²) in [6, 6.07) is 14.2. The quantitative estimate of drug-likeness (QED) is 0.800. The minimum atomic E-state index is 0.0944. The first kappa shape index (κ1) is 15.8. The monoisotopic (exact) mass is 334 g/mol. The molecular formula is C20H22N4O. The van der Waals surface area contributed by atoms with Gasteiger partial charge in [0, 0.05) is 61.7 Å². The van der Waals surface area contributed by atoms with E-state index in [1.165, 1.54) is 11.3 Å². The van der Waals surface area contributed by atoms with Gasteiger partial charge in [-0.1, -0.05) is 36.4 Å². The highest BCUT2D eigenvalue weighted by atomic mass is 16.1. The number of aromatic nitrogens is 3. The molecule has 3 heterocycles. The van der Waals surface area contributed by atoms with E-state index >= 15 is 0 Å². The van der Waals surface area contributed by atoms with Crippen molar-refractivity contribution >= 4 is 0 Å². The summed E-state index contributed by atoms with van der Waals surface area (Å²) in [5.41, 5.74) is 5.71. The molecule has 0 saturated heterocycles. The maximum atomic E-state index is 12.3. The van der Waals surface area contributed by atoms with E-state index in [0.717, 1.165) is 42.8 Å². The molecule has 5 heteroatoms. The van der Waals surface area contributed by atoms with Crippen LogP contribution in [0.2, 0.25) is 0 Å². The topological polar surface area (TPSA) is 53.9 Å². The first-order valence-electron chi connectivity index (χ1n) is 8.71. The van der Waals surface area contributed by atoms with Crippen LogP contribution in [0, 0.1) is 0 Å². The third kappa shape index (κ3) is 3.15. The molecule has 0 amide bonds. The van der Waals surface area contributed by atoms with E-state index in [0.29, 0.717) is 6.54 Å². The smallest absolute Gasteiger partial charge is 0.254 e. The Labute approximate surface area is 146 Å². The van der Waals surface area contributed by atoms with Crippen LogP contribution in [-0.2, 0) is 26.4 Å². The van der Waals surface area contributed by atoms with Crippen LogP contribution >= 0.6 is 0 Å². The highest BCUT2D eigenvalue weighted by Gasteiger charge is 2.20. The summed E-state index contributed by atoms with van der Waals surface area (Å²) in [7, 11) is 1.80. The lowest BCUT2D eigenvalue weighted by Gasteiger charge is -2.19. The van der Waals surface area contributed by atoms with Crippen LogP contribution in [0.3, 0.4) is 0 Å². The zero-order valence-corrected chi connectivity index (χ0v) is 14.4. The lowest BCUT2D eigenvalue weighted by atomic mass is 10.0. The molecule has 3 aromatic rings. The Morgan fingerprint density at radius 2 is 1.88 bits per heavy atom. The predicted molar refractivity (Wildman–Crippen MR) is 98.4 cm³/mol. The molecule has 4 rings (SSSR count). The fraction of sp³-hybridized carbons (Fsp3) is 0.300. The average Bonchev–Trinajstić information content (AvgIpc) is 2.94. The zero-order chi connectivity index (χ0) is 17.2. The number of pyridine rings is 1. The summed E-state index contributed by atoms with van der Waals surface area (Å²) in [5, 5.41) is 7.77. The molecule has 0 bridgehead atoms. The summed E-state index contributed by atoms with van der Waals surface area (Å²) in [6.45, 7) is 2.57. The highest BCUT2D eigenvalue weighted by Crippen LogP contribution is 2.26. The van der Waals surface area contributed by atoms with Gasteiger partial charge in [-0.05, 0) is 12.5 Å². The van der Waals surface area contributed by atoms with Crippen molar-refractivity contribution in [2.24, 2.45) is 7.05 Å². The van der Waals surface area contributed by atoms with E-state index in [2.05, 4.69) is 27.2 Å². The first-order valence-corrected chi connectivity index (χ1v) is 8.71. The minimum absolute atomic E-state index is 0.0944. The predicted octanol–water partition coefficient (Wildman–Crippen LogP) is 2.38. The lowest BCUT2D eigenvalue weighted by Crippen LogP contribution is -2.30. The first-order chi connectivity index (χ1) is 12.2. The summed E-state index contributed by atoms with van der Waals surface area (Å²) >= 11 is 0. The van der Waals surface area contributed by atoms with Gasteiger partial charge in [-0.25, -0.2) is 0 Å². The number of benzene rings is 1. The normalized spacial score (nSPS) is 14.9. The molecule has 0 spiro atoms. The highest BCUT2D eigenvalue weighted by molar-refractivity contribution is 5.64. The van der Waals surface area contributed by atoms with Gasteiger partial charge in [0.2, 0.25) is 0 Å². The van der Waals surface area contributed by atoms with Crippen molar-refractivity contribution in [2.75, 3.05) is 13.1 Å². The number of nitrogens with zero attached hydrogens (tertiary/aromatic N) is 3. The molecule has 0 radical (unpaired) electrons. The van der Waals surface area contributed by atoms with Crippen molar-refractivity contribution < 1.29 is 0 Å². The molecule has 1 aliphatic rings. The van der Waals surface area contributed by atoms with Crippen LogP contribution in [0.5, 0.6) is 0 Å². The van der Waals surface area contributed by atoms with Crippen LogP contribution in [0.15, 0.2) is 53.5 Å². The number of aromatic amines is 1. The number of H-pyrrole nitrogens is 1. The Balaban J connectivity index is 1.54. The van der Waals surface area contributed by atoms with Crippen molar-refractivity contribution in [3.8, 4) is 11.3 Å². The van der Waals surface area contributed by atoms with Gasteiger partial charge in [-0.2, -0.15) is 5.10 Å². The molecule has 2 aromatic heterocycles. The van der Waals surface area contributed by atoms with Gasteiger partial charge in [-0.15, -0.1) is 0 Å². The molecule has 0 saturated carbocycles. The van der Waals surface area contributed by atoms with Gasteiger partial charge in [0.15, 0.2) is 0 Å². The molecule has 1 N–H and O–H groups in total. The SMILES string of the molecule is Cn1cccc(CN2CCc3[nH]nc(-c4ccccc4)c3CC2)c1=O. The summed E-state index contributed by atoms with van der Waals surface area (Å²) in [5.74, 6) is 0. The Morgan fingerprint density at radius 1 is 1.08 bits per heavy atom. The number of rotatable bonds is 3. The molecule has 1 aromatic carbocycles. The third-order valence-electron chi connectivity index (χ3n) is 4.95. The van der Waals surface area contributed by atoms with Crippen molar-refractivity contribution in [1.29, 1.82) is 0 Å². The summed E-state index contributed by atoms with van der Waals surface area (Å²) < 4.78 is 1.65. The summed E-state index contributed by atoms with van der Waals surface area (Å²) in [6.07, 6.45) is 3.68. The fourth-order valence-electron chi connectivity index (χ4n) is 3.54. The molecular weight excluding hydrogens is 312 g/mol. The van der Waals surface area contributed by atoms with Crippen LogP contribution in [0.4, 0.5) is 0 Å². The van der Waals surface area contributed by atoms with E-state index in [1.54, 1.807) is 17.8 Å². The molecule has 0 aliphatic carbocycles. The average molecular weight is 334 g/mol. The van der Waals surface area contributed by atoms with Gasteiger partial charge in [0.1, 0.15) is 0 Å². The van der Waals surface area contributed by atoms with E-state index in [9.17, 15) is 4.79 Å². The molecule has 0 atom stereocenters. The van der Waals surface area contributed by atoms with Crippen molar-refractivity contribution in [1.82, 2.24) is 19.7 Å². The number of hydrogen-bond donors (Lipinski definition) is 1. The Kier molecular flexibility index (Phi) is 4.24. The molecule has 1 aliphatic heterocycles. The minimum Gasteiger partial charge on any atom is -0.318 e. The van der Waals surface area contributed by atoms with Crippen molar-refractivity contribution in [3.63, 3.8) is 0 Å². The molecule has 0 fully saturated rings. The number of aryl methyl sites for hydroxylation is 1. The lowest BCUT2D eigenvalue weighted by molar-refractivity contribution is 0.277. The number of nitrogens with one attached hydrogen (secondary N) is 1. The second kappa shape index (κ2) is 6.69. The second-order valence-corrected chi connectivity index (χ2v) is 6.62. The summed E-state index contributed by atoms with van der Waals surface area (Å²) in [4.78, 5) is 14.6. The molecule has 0 unspecified atom stereocenters. The Hall–Kier alpha value is -2.66. The van der Waals surface area contributed by atoms with E-state index in [1.807, 2.05) is 30.3 Å². The molecule has 5 nitrogen and oxygen atoms in total. The zero-order valence-electron chi connectivity index (χ0n) is 14.4. The fourth-order valence-corrected chi connectivity index (χ4v) is 3.54. The second-order valence-electron chi connectivity index (χ2n) is 6.62. The third-order valence-corrected chi connectivity index (χ3v) is 4.95. The van der Waals surface area contributed by atoms with E-state index < -0.39 is 0 Å². The largest absolute Gasteiger partial charge is 0.318 e. The number of hydrogen-bond acceptors (Lipinski definition) is 3. The van der Waals surface area contributed by atoms with Crippen LogP contribution < -0.4 is 5.56 Å². The van der Waals surface area contributed by atoms with Crippen LogP contribution in [-0.4, -0.2) is 32.8 Å². The van der Waals surface area contributed by atoms with Gasteiger partial charge < -0.3 is 4.57 Å². The van der Waals surface area contributed by atoms with Crippen molar-refractivity contribution in [2.45, 2.75) is 19.4 Å².